The molecule has 0 atom stereocenters. The summed E-state index contributed by atoms with van der Waals surface area (Å²) >= 11 is 0. The number of nitrogens with zero attached hydrogens (tertiary/aromatic N) is 1. The summed E-state index contributed by atoms with van der Waals surface area (Å²) in [6.45, 7) is 0.235. The maximum Gasteiger partial charge on any atom is 0.416 e. The first-order valence-corrected chi connectivity index (χ1v) is 7.45. The van der Waals surface area contributed by atoms with Crippen LogP contribution < -0.4 is 4.72 Å². The van der Waals surface area contributed by atoms with Crippen LogP contribution in [0, 0.1) is 11.3 Å². The van der Waals surface area contributed by atoms with Crippen LogP contribution in [-0.2, 0) is 20.9 Å². The number of halogens is 3. The molecule has 0 amide bonds. The van der Waals surface area contributed by atoms with Crippen LogP contribution in [0.15, 0.2) is 18.2 Å². The Morgan fingerprint density at radius 3 is 2.57 bits per heavy atom. The molecule has 0 saturated heterocycles. The van der Waals surface area contributed by atoms with E-state index in [0.29, 0.717) is 12.1 Å². The number of sulfonamides is 1. The maximum atomic E-state index is 12.5. The molecule has 0 bridgehead atoms. The molecule has 0 unspecified atom stereocenters. The Balaban J connectivity index is 2.97. The lowest BCUT2D eigenvalue weighted by Crippen LogP contribution is -2.18. The molecule has 0 aromatic heterocycles. The van der Waals surface area contributed by atoms with Crippen molar-refractivity contribution in [2.75, 3.05) is 24.2 Å². The molecule has 1 aromatic carbocycles. The molecule has 5 nitrogen and oxygen atoms in total. The fourth-order valence-electron chi connectivity index (χ4n) is 1.51. The van der Waals surface area contributed by atoms with Gasteiger partial charge in [-0.1, -0.05) is 0 Å². The van der Waals surface area contributed by atoms with E-state index in [9.17, 15) is 21.6 Å². The molecule has 0 heterocycles. The Hall–Kier alpha value is -1.79. The Morgan fingerprint density at radius 2 is 2.05 bits per heavy atom. The second kappa shape index (κ2) is 6.78. The van der Waals surface area contributed by atoms with Crippen LogP contribution >= 0.6 is 0 Å². The minimum Gasteiger partial charge on any atom is -0.385 e. The van der Waals surface area contributed by atoms with Gasteiger partial charge < -0.3 is 4.74 Å². The van der Waals surface area contributed by atoms with Crippen molar-refractivity contribution in [2.24, 2.45) is 0 Å². The lowest BCUT2D eigenvalue weighted by Gasteiger charge is -2.12. The standard InChI is InChI=1S/C12H13F3N2O3S/c1-20-5-2-6-21(18,19)17-11-4-3-10(12(13,14)15)7-9(11)8-16/h3-4,7,17H,2,5-6H2,1H3. The lowest BCUT2D eigenvalue weighted by atomic mass is 10.1. The van der Waals surface area contributed by atoms with Crippen molar-refractivity contribution in [2.45, 2.75) is 12.6 Å². The number of nitrogens with one attached hydrogen (secondary N) is 1. The SMILES string of the molecule is COCCCS(=O)(=O)Nc1ccc(C(F)(F)F)cc1C#N. The number of benzene rings is 1. The van der Waals surface area contributed by atoms with Gasteiger partial charge in [0, 0.05) is 13.7 Å². The third kappa shape index (κ3) is 5.24. The number of alkyl halides is 3. The van der Waals surface area contributed by atoms with Gasteiger partial charge in [-0.2, -0.15) is 18.4 Å². The van der Waals surface area contributed by atoms with Crippen LogP contribution in [0.3, 0.4) is 0 Å². The van der Waals surface area contributed by atoms with Crippen LogP contribution in [0.1, 0.15) is 17.5 Å². The predicted molar refractivity (Wildman–Crippen MR) is 70.1 cm³/mol. The van der Waals surface area contributed by atoms with Crippen molar-refractivity contribution in [1.82, 2.24) is 0 Å². The zero-order valence-electron chi connectivity index (χ0n) is 11.1. The van der Waals surface area contributed by atoms with Crippen LogP contribution in [0.4, 0.5) is 18.9 Å². The fraction of sp³-hybridized carbons (Fsp3) is 0.417. The van der Waals surface area contributed by atoms with E-state index in [4.69, 9.17) is 10.00 Å². The van der Waals surface area contributed by atoms with E-state index < -0.39 is 21.8 Å². The van der Waals surface area contributed by atoms with Crippen LogP contribution in [0.25, 0.3) is 0 Å². The van der Waals surface area contributed by atoms with E-state index in [2.05, 4.69) is 4.72 Å². The van der Waals surface area contributed by atoms with Gasteiger partial charge in [-0.25, -0.2) is 8.42 Å². The van der Waals surface area contributed by atoms with Gasteiger partial charge in [0.2, 0.25) is 10.0 Å². The van der Waals surface area contributed by atoms with E-state index in [0.717, 1.165) is 6.07 Å². The Bertz CT molecular complexity index is 636. The number of ether oxygens (including phenoxy) is 1. The second-order valence-electron chi connectivity index (χ2n) is 4.14. The first kappa shape index (κ1) is 17.3. The highest BCUT2D eigenvalue weighted by Crippen LogP contribution is 2.31. The maximum absolute atomic E-state index is 12.5. The third-order valence-corrected chi connectivity index (χ3v) is 3.85. The van der Waals surface area contributed by atoms with Crippen molar-refractivity contribution in [3.8, 4) is 6.07 Å². The number of hydrogen-bond donors (Lipinski definition) is 1. The van der Waals surface area contributed by atoms with Crippen molar-refractivity contribution in [3.05, 3.63) is 29.3 Å². The zero-order chi connectivity index (χ0) is 16.1. The number of hydrogen-bond acceptors (Lipinski definition) is 4. The zero-order valence-corrected chi connectivity index (χ0v) is 11.9. The number of nitriles is 1. The van der Waals surface area contributed by atoms with Crippen LogP contribution in [0.2, 0.25) is 0 Å². The number of anilines is 1. The van der Waals surface area contributed by atoms with Crippen molar-refractivity contribution in [3.63, 3.8) is 0 Å². The monoisotopic (exact) mass is 322 g/mol. The highest BCUT2D eigenvalue weighted by Gasteiger charge is 2.31. The summed E-state index contributed by atoms with van der Waals surface area (Å²) in [5.41, 5.74) is -1.58. The molecule has 0 radical (unpaired) electrons. The quantitative estimate of drug-likeness (QED) is 0.815. The van der Waals surface area contributed by atoms with Crippen LogP contribution in [0.5, 0.6) is 0 Å². The minimum atomic E-state index is -4.60. The summed E-state index contributed by atoms with van der Waals surface area (Å²) in [7, 11) is -2.33. The fourth-order valence-corrected chi connectivity index (χ4v) is 2.63. The largest absolute Gasteiger partial charge is 0.416 e. The Labute approximate surface area is 120 Å². The molecule has 9 heteroatoms. The van der Waals surface area contributed by atoms with Crippen molar-refractivity contribution < 1.29 is 26.3 Å². The van der Waals surface area contributed by atoms with Gasteiger partial charge in [-0.15, -0.1) is 0 Å². The molecule has 1 rings (SSSR count). The number of methoxy groups -OCH3 is 1. The van der Waals surface area contributed by atoms with Gasteiger partial charge in [0.05, 0.1) is 22.6 Å². The first-order valence-electron chi connectivity index (χ1n) is 5.80. The summed E-state index contributed by atoms with van der Waals surface area (Å²) in [5, 5.41) is 8.85. The van der Waals surface area contributed by atoms with E-state index >= 15 is 0 Å². The molecule has 0 saturated carbocycles. The average Bonchev–Trinajstić information content (AvgIpc) is 2.37. The van der Waals surface area contributed by atoms with Gasteiger partial charge in [0.25, 0.3) is 0 Å². The predicted octanol–water partition coefficient (Wildman–Crippen LogP) is 2.36. The highest BCUT2D eigenvalue weighted by atomic mass is 32.2. The van der Waals surface area contributed by atoms with E-state index in [-0.39, 0.29) is 30.0 Å². The van der Waals surface area contributed by atoms with Crippen LogP contribution in [-0.4, -0.2) is 27.9 Å². The van der Waals surface area contributed by atoms with Gasteiger partial charge in [0.15, 0.2) is 0 Å². The second-order valence-corrected chi connectivity index (χ2v) is 5.98. The molecule has 0 fully saturated rings. The molecule has 0 aliphatic heterocycles. The van der Waals surface area contributed by atoms with E-state index in [1.54, 1.807) is 6.07 Å². The molecule has 1 aromatic rings. The Kier molecular flexibility index (Phi) is 5.57. The smallest absolute Gasteiger partial charge is 0.385 e. The summed E-state index contributed by atoms with van der Waals surface area (Å²) in [5.74, 6) is -0.257. The summed E-state index contributed by atoms with van der Waals surface area (Å²) in [6, 6.07) is 3.79. The molecular formula is C12H13F3N2O3S. The Morgan fingerprint density at radius 1 is 1.38 bits per heavy atom. The van der Waals surface area contributed by atoms with Crippen molar-refractivity contribution in [1.29, 1.82) is 5.26 Å². The number of rotatable bonds is 6. The third-order valence-electron chi connectivity index (χ3n) is 2.49. The topological polar surface area (TPSA) is 79.2 Å². The first-order chi connectivity index (χ1) is 9.69. The molecular weight excluding hydrogens is 309 g/mol. The van der Waals surface area contributed by atoms with E-state index in [1.165, 1.54) is 7.11 Å². The minimum absolute atomic E-state index is 0.178. The van der Waals surface area contributed by atoms with Crippen molar-refractivity contribution >= 4 is 15.7 Å². The molecule has 0 aliphatic carbocycles. The highest BCUT2D eigenvalue weighted by molar-refractivity contribution is 7.92. The molecule has 21 heavy (non-hydrogen) atoms. The van der Waals surface area contributed by atoms with Gasteiger partial charge in [0.1, 0.15) is 6.07 Å². The summed E-state index contributed by atoms with van der Waals surface area (Å²) in [6.07, 6.45) is -4.37. The molecule has 1 N–H and O–H groups in total. The molecule has 0 aliphatic rings. The van der Waals surface area contributed by atoms with E-state index in [1.807, 2.05) is 0 Å². The summed E-state index contributed by atoms with van der Waals surface area (Å²) < 4.78 is 67.8. The average molecular weight is 322 g/mol. The van der Waals surface area contributed by atoms with Gasteiger partial charge in [-0.3, -0.25) is 4.72 Å². The van der Waals surface area contributed by atoms with Gasteiger partial charge >= 0.3 is 6.18 Å². The lowest BCUT2D eigenvalue weighted by molar-refractivity contribution is -0.137. The molecule has 116 valence electrons. The summed E-state index contributed by atoms with van der Waals surface area (Å²) in [4.78, 5) is 0. The van der Waals surface area contributed by atoms with Gasteiger partial charge in [-0.05, 0) is 24.6 Å². The molecule has 0 spiro atoms. The normalized spacial score (nSPS) is 12.0.